The molecule has 0 unspecified atom stereocenters. The first-order valence-electron chi connectivity index (χ1n) is 10.4. The second kappa shape index (κ2) is 7.88. The lowest BCUT2D eigenvalue weighted by Crippen LogP contribution is -2.57. The standard InChI is InChI=1S/C22H32N2O3S/c1-22(2)16-12-14-13-24(21(25)17(23)9-11-28-3)10-8-18(14)26-20(16)15-6-4-5-7-19(15)27-22/h4-7,14,16-18,20H,8-13,23H2,1-3H3/t14-,16+,17+,18+,20-/m0/s1. The first-order valence-corrected chi connectivity index (χ1v) is 11.8. The van der Waals surface area contributed by atoms with Crippen LogP contribution in [-0.2, 0) is 9.53 Å². The van der Waals surface area contributed by atoms with Crippen molar-refractivity contribution in [1.82, 2.24) is 4.90 Å². The number of ether oxygens (including phenoxy) is 2. The van der Waals surface area contributed by atoms with Gasteiger partial charge < -0.3 is 20.1 Å². The molecule has 3 aliphatic heterocycles. The number of carbonyl (C=O) groups excluding carboxylic acids is 1. The molecule has 5 nitrogen and oxygen atoms in total. The normalized spacial score (nSPS) is 31.8. The average Bonchev–Trinajstić information content (AvgIpc) is 2.69. The van der Waals surface area contributed by atoms with Gasteiger partial charge in [0.1, 0.15) is 11.4 Å². The lowest BCUT2D eigenvalue weighted by atomic mass is 9.70. The van der Waals surface area contributed by atoms with Gasteiger partial charge in [0.05, 0.1) is 18.2 Å². The number of thioether (sulfide) groups is 1. The van der Waals surface area contributed by atoms with Crippen LogP contribution in [0.2, 0.25) is 0 Å². The molecule has 6 heteroatoms. The molecular weight excluding hydrogens is 372 g/mol. The highest BCUT2D eigenvalue weighted by atomic mass is 32.2. The van der Waals surface area contributed by atoms with Gasteiger partial charge in [-0.2, -0.15) is 11.8 Å². The minimum atomic E-state index is -0.386. The predicted octanol–water partition coefficient (Wildman–Crippen LogP) is 3.23. The second-order valence-corrected chi connectivity index (χ2v) is 9.89. The zero-order chi connectivity index (χ0) is 19.9. The number of piperidine rings is 1. The Morgan fingerprint density at radius 3 is 2.96 bits per heavy atom. The smallest absolute Gasteiger partial charge is 0.239 e. The summed E-state index contributed by atoms with van der Waals surface area (Å²) in [4.78, 5) is 14.8. The van der Waals surface area contributed by atoms with Crippen LogP contribution in [0.25, 0.3) is 0 Å². The van der Waals surface area contributed by atoms with E-state index in [2.05, 4.69) is 26.0 Å². The Balaban J connectivity index is 1.49. The van der Waals surface area contributed by atoms with E-state index in [9.17, 15) is 4.79 Å². The van der Waals surface area contributed by atoms with E-state index in [4.69, 9.17) is 15.2 Å². The number of likely N-dealkylation sites (tertiary alicyclic amines) is 1. The minimum absolute atomic E-state index is 0.0762. The highest BCUT2D eigenvalue weighted by Gasteiger charge is 2.51. The quantitative estimate of drug-likeness (QED) is 0.835. The highest BCUT2D eigenvalue weighted by molar-refractivity contribution is 7.98. The van der Waals surface area contributed by atoms with Crippen LogP contribution in [0.5, 0.6) is 5.75 Å². The van der Waals surface area contributed by atoms with Crippen LogP contribution >= 0.6 is 11.8 Å². The molecule has 2 saturated heterocycles. The average molecular weight is 405 g/mol. The van der Waals surface area contributed by atoms with E-state index in [0.29, 0.717) is 5.92 Å². The second-order valence-electron chi connectivity index (χ2n) is 8.90. The molecule has 0 radical (unpaired) electrons. The van der Waals surface area contributed by atoms with Gasteiger partial charge in [-0.25, -0.2) is 0 Å². The van der Waals surface area contributed by atoms with Gasteiger partial charge in [-0.3, -0.25) is 4.79 Å². The highest BCUT2D eigenvalue weighted by Crippen LogP contribution is 2.52. The molecule has 0 bridgehead atoms. The summed E-state index contributed by atoms with van der Waals surface area (Å²) < 4.78 is 13.0. The van der Waals surface area contributed by atoms with Crippen LogP contribution in [0.15, 0.2) is 24.3 Å². The maximum atomic E-state index is 12.8. The number of nitrogens with zero attached hydrogens (tertiary/aromatic N) is 1. The molecule has 28 heavy (non-hydrogen) atoms. The van der Waals surface area contributed by atoms with Crippen molar-refractivity contribution in [2.45, 2.75) is 57.0 Å². The SMILES string of the molecule is CSCC[C@@H](N)C(=O)N1CC[C@H]2O[C@H]3c4ccccc4OC(C)(C)[C@@H]3C[C@H]2C1. The third kappa shape index (κ3) is 3.66. The van der Waals surface area contributed by atoms with Gasteiger partial charge in [-0.15, -0.1) is 0 Å². The number of amides is 1. The fourth-order valence-corrected chi connectivity index (χ4v) is 5.55. The topological polar surface area (TPSA) is 64.8 Å². The molecule has 1 aromatic carbocycles. The Kier molecular flexibility index (Phi) is 5.64. The van der Waals surface area contributed by atoms with Crippen LogP contribution in [0.4, 0.5) is 0 Å². The molecule has 3 aliphatic rings. The number of fused-ring (bicyclic) bond motifs is 4. The molecule has 0 aromatic heterocycles. The minimum Gasteiger partial charge on any atom is -0.487 e. The third-order valence-electron chi connectivity index (χ3n) is 6.66. The van der Waals surface area contributed by atoms with Gasteiger partial charge in [0.15, 0.2) is 0 Å². The molecule has 1 aromatic rings. The molecule has 2 N–H and O–H groups in total. The van der Waals surface area contributed by atoms with Crippen molar-refractivity contribution in [1.29, 1.82) is 0 Å². The van der Waals surface area contributed by atoms with E-state index in [-0.39, 0.29) is 35.7 Å². The van der Waals surface area contributed by atoms with Crippen molar-refractivity contribution in [2.75, 3.05) is 25.1 Å². The first kappa shape index (κ1) is 20.0. The largest absolute Gasteiger partial charge is 0.487 e. The summed E-state index contributed by atoms with van der Waals surface area (Å²) in [6.45, 7) is 5.81. The fraction of sp³-hybridized carbons (Fsp3) is 0.682. The number of carbonyl (C=O) groups is 1. The van der Waals surface area contributed by atoms with E-state index < -0.39 is 0 Å². The number of hydrogen-bond donors (Lipinski definition) is 1. The summed E-state index contributed by atoms with van der Waals surface area (Å²) in [5.41, 5.74) is 7.03. The summed E-state index contributed by atoms with van der Waals surface area (Å²) >= 11 is 1.73. The maximum absolute atomic E-state index is 12.8. The molecule has 0 spiro atoms. The molecule has 4 rings (SSSR count). The van der Waals surface area contributed by atoms with Gasteiger partial charge in [-0.1, -0.05) is 18.2 Å². The van der Waals surface area contributed by atoms with Crippen LogP contribution in [0, 0.1) is 11.8 Å². The summed E-state index contributed by atoms with van der Waals surface area (Å²) in [6.07, 6.45) is 4.97. The van der Waals surface area contributed by atoms with E-state index in [1.54, 1.807) is 11.8 Å². The van der Waals surface area contributed by atoms with E-state index >= 15 is 0 Å². The molecular formula is C22H32N2O3S. The van der Waals surface area contributed by atoms with Crippen LogP contribution in [0.1, 0.15) is 44.8 Å². The Morgan fingerprint density at radius 1 is 1.39 bits per heavy atom. The number of nitrogens with two attached hydrogens (primary N) is 1. The summed E-state index contributed by atoms with van der Waals surface area (Å²) in [7, 11) is 0. The Morgan fingerprint density at radius 2 is 2.18 bits per heavy atom. The van der Waals surface area contributed by atoms with E-state index in [0.717, 1.165) is 43.9 Å². The number of rotatable bonds is 4. The summed E-state index contributed by atoms with van der Waals surface area (Å²) in [5.74, 6) is 2.59. The van der Waals surface area contributed by atoms with Crippen LogP contribution in [0.3, 0.4) is 0 Å². The van der Waals surface area contributed by atoms with Crippen molar-refractivity contribution in [3.8, 4) is 5.75 Å². The molecule has 0 saturated carbocycles. The number of hydrogen-bond acceptors (Lipinski definition) is 5. The maximum Gasteiger partial charge on any atom is 0.239 e. The van der Waals surface area contributed by atoms with Crippen molar-refractivity contribution in [3.63, 3.8) is 0 Å². The van der Waals surface area contributed by atoms with Crippen molar-refractivity contribution in [3.05, 3.63) is 29.8 Å². The summed E-state index contributed by atoms with van der Waals surface area (Å²) in [6, 6.07) is 7.87. The lowest BCUT2D eigenvalue weighted by molar-refractivity contribution is -0.189. The van der Waals surface area contributed by atoms with Gasteiger partial charge >= 0.3 is 0 Å². The van der Waals surface area contributed by atoms with Gasteiger partial charge in [-0.05, 0) is 51.2 Å². The van der Waals surface area contributed by atoms with Gasteiger partial charge in [0, 0.05) is 30.5 Å². The summed E-state index contributed by atoms with van der Waals surface area (Å²) in [5, 5.41) is 0. The van der Waals surface area contributed by atoms with Gasteiger partial charge in [0.2, 0.25) is 5.91 Å². The Bertz CT molecular complexity index is 725. The van der Waals surface area contributed by atoms with Crippen molar-refractivity contribution in [2.24, 2.45) is 17.6 Å². The third-order valence-corrected chi connectivity index (χ3v) is 7.31. The fourth-order valence-electron chi connectivity index (χ4n) is 5.06. The molecule has 5 atom stereocenters. The monoisotopic (exact) mass is 404 g/mol. The van der Waals surface area contributed by atoms with Crippen molar-refractivity contribution < 1.29 is 14.3 Å². The molecule has 2 fully saturated rings. The number of benzene rings is 1. The van der Waals surface area contributed by atoms with Gasteiger partial charge in [0.25, 0.3) is 0 Å². The predicted molar refractivity (Wildman–Crippen MR) is 113 cm³/mol. The Hall–Kier alpha value is -1.24. The molecule has 1 amide bonds. The molecule has 0 aliphatic carbocycles. The molecule has 154 valence electrons. The first-order chi connectivity index (χ1) is 13.4. The van der Waals surface area contributed by atoms with E-state index in [1.807, 2.05) is 23.3 Å². The number of para-hydroxylation sites is 1. The van der Waals surface area contributed by atoms with Crippen LogP contribution < -0.4 is 10.5 Å². The Labute approximate surface area is 172 Å². The molecule has 3 heterocycles. The van der Waals surface area contributed by atoms with E-state index in [1.165, 1.54) is 5.56 Å². The zero-order valence-electron chi connectivity index (χ0n) is 17.1. The van der Waals surface area contributed by atoms with Crippen LogP contribution in [-0.4, -0.2) is 53.7 Å². The lowest BCUT2D eigenvalue weighted by Gasteiger charge is -2.53. The zero-order valence-corrected chi connectivity index (χ0v) is 17.9. The van der Waals surface area contributed by atoms with Crippen molar-refractivity contribution >= 4 is 17.7 Å².